The maximum Gasteiger partial charge on any atom is 0.161 e. The van der Waals surface area contributed by atoms with Gasteiger partial charge in [-0.25, -0.2) is 4.98 Å². The molecular formula is C23H22N4O. The van der Waals surface area contributed by atoms with E-state index in [4.69, 9.17) is 0 Å². The highest BCUT2D eigenvalue weighted by Gasteiger charge is 2.26. The minimum absolute atomic E-state index is 0.0194. The average Bonchev–Trinajstić information content (AvgIpc) is 3.24. The molecule has 1 aromatic heterocycles. The highest BCUT2D eigenvalue weighted by molar-refractivity contribution is 6.00. The van der Waals surface area contributed by atoms with E-state index in [1.54, 1.807) is 19.1 Å². The standard InChI is InChI=1S/C23H22N4O/c1-16(28)20-10-9-17(13-24)12-22(20)27-11-5-8-19(15-27)23-25-14-21(26-23)18-6-3-2-4-7-18/h2-4,6-7,9-10,12,14,19H,5,8,11,15H2,1H3,(H,25,26). The zero-order chi connectivity index (χ0) is 19.5. The first-order chi connectivity index (χ1) is 13.7. The van der Waals surface area contributed by atoms with Crippen LogP contribution < -0.4 is 4.90 Å². The van der Waals surface area contributed by atoms with E-state index in [0.29, 0.717) is 11.1 Å². The molecule has 5 heteroatoms. The van der Waals surface area contributed by atoms with Crippen molar-refractivity contribution in [2.24, 2.45) is 0 Å². The Morgan fingerprint density at radius 3 is 2.82 bits per heavy atom. The lowest BCUT2D eigenvalue weighted by atomic mass is 9.95. The van der Waals surface area contributed by atoms with Crippen LogP contribution in [0, 0.1) is 11.3 Å². The predicted octanol–water partition coefficient (Wildman–Crippen LogP) is 4.53. The van der Waals surface area contributed by atoms with Crippen molar-refractivity contribution < 1.29 is 4.79 Å². The third-order valence-electron chi connectivity index (χ3n) is 5.34. The number of carbonyl (C=O) groups excluding carboxylic acids is 1. The Kier molecular flexibility index (Phi) is 4.94. The van der Waals surface area contributed by atoms with Crippen LogP contribution in [0.3, 0.4) is 0 Å². The monoisotopic (exact) mass is 370 g/mol. The van der Waals surface area contributed by atoms with Gasteiger partial charge in [0.15, 0.2) is 5.78 Å². The van der Waals surface area contributed by atoms with Gasteiger partial charge in [-0.05, 0) is 43.5 Å². The van der Waals surface area contributed by atoms with E-state index >= 15 is 0 Å². The quantitative estimate of drug-likeness (QED) is 0.685. The van der Waals surface area contributed by atoms with Gasteiger partial charge >= 0.3 is 0 Å². The van der Waals surface area contributed by atoms with Crippen molar-refractivity contribution in [1.82, 2.24) is 9.97 Å². The summed E-state index contributed by atoms with van der Waals surface area (Å²) in [6.45, 7) is 3.22. The summed E-state index contributed by atoms with van der Waals surface area (Å²) in [6.07, 6.45) is 3.95. The lowest BCUT2D eigenvalue weighted by Gasteiger charge is -2.34. The topological polar surface area (TPSA) is 72.8 Å². The number of benzene rings is 2. The van der Waals surface area contributed by atoms with Crippen LogP contribution in [0.1, 0.15) is 47.4 Å². The van der Waals surface area contributed by atoms with Gasteiger partial charge in [0.2, 0.25) is 0 Å². The molecule has 5 nitrogen and oxygen atoms in total. The molecule has 0 spiro atoms. The summed E-state index contributed by atoms with van der Waals surface area (Å²) in [5, 5.41) is 9.26. The first-order valence-corrected chi connectivity index (χ1v) is 9.56. The van der Waals surface area contributed by atoms with Gasteiger partial charge in [0.25, 0.3) is 0 Å². The second kappa shape index (κ2) is 7.69. The van der Waals surface area contributed by atoms with Crippen LogP contribution in [-0.2, 0) is 0 Å². The summed E-state index contributed by atoms with van der Waals surface area (Å²) < 4.78 is 0. The number of aromatic amines is 1. The number of nitrogens with one attached hydrogen (secondary N) is 1. The molecule has 140 valence electrons. The molecule has 0 amide bonds. The van der Waals surface area contributed by atoms with Gasteiger partial charge in [0, 0.05) is 30.3 Å². The number of Topliss-reactive ketones (excluding diaryl/α,β-unsaturated/α-hetero) is 1. The highest BCUT2D eigenvalue weighted by atomic mass is 16.1. The summed E-state index contributed by atoms with van der Waals surface area (Å²) in [5.74, 6) is 1.26. The summed E-state index contributed by atoms with van der Waals surface area (Å²) in [5.41, 5.74) is 4.24. The van der Waals surface area contributed by atoms with E-state index in [0.717, 1.165) is 48.7 Å². The van der Waals surface area contributed by atoms with Gasteiger partial charge in [-0.3, -0.25) is 4.79 Å². The third kappa shape index (κ3) is 3.54. The van der Waals surface area contributed by atoms with Crippen molar-refractivity contribution in [3.8, 4) is 17.3 Å². The fraction of sp³-hybridized carbons (Fsp3) is 0.261. The normalized spacial score (nSPS) is 16.6. The van der Waals surface area contributed by atoms with E-state index in [1.807, 2.05) is 30.5 Å². The zero-order valence-electron chi connectivity index (χ0n) is 15.9. The third-order valence-corrected chi connectivity index (χ3v) is 5.34. The Morgan fingerprint density at radius 2 is 2.07 bits per heavy atom. The van der Waals surface area contributed by atoms with Crippen LogP contribution in [0.4, 0.5) is 5.69 Å². The number of nitriles is 1. The van der Waals surface area contributed by atoms with Crippen molar-refractivity contribution in [3.63, 3.8) is 0 Å². The van der Waals surface area contributed by atoms with Gasteiger partial charge in [-0.1, -0.05) is 30.3 Å². The summed E-state index contributed by atoms with van der Waals surface area (Å²) in [4.78, 5) is 22.4. The fourth-order valence-corrected chi connectivity index (χ4v) is 3.89. The van der Waals surface area contributed by atoms with Crippen LogP contribution in [0.5, 0.6) is 0 Å². The maximum atomic E-state index is 12.1. The predicted molar refractivity (Wildman–Crippen MR) is 109 cm³/mol. The van der Waals surface area contributed by atoms with E-state index in [-0.39, 0.29) is 11.7 Å². The summed E-state index contributed by atoms with van der Waals surface area (Å²) in [7, 11) is 0. The number of rotatable bonds is 4. The number of hydrogen-bond donors (Lipinski definition) is 1. The molecule has 1 aliphatic rings. The molecule has 0 aliphatic carbocycles. The first kappa shape index (κ1) is 18.0. The largest absolute Gasteiger partial charge is 0.370 e. The second-order valence-electron chi connectivity index (χ2n) is 7.23. The molecule has 1 N–H and O–H groups in total. The maximum absolute atomic E-state index is 12.1. The van der Waals surface area contributed by atoms with Crippen molar-refractivity contribution in [2.75, 3.05) is 18.0 Å². The van der Waals surface area contributed by atoms with Crippen molar-refractivity contribution >= 4 is 11.5 Å². The number of ketones is 1. The summed E-state index contributed by atoms with van der Waals surface area (Å²) in [6, 6.07) is 17.7. The molecular weight excluding hydrogens is 348 g/mol. The molecule has 1 aliphatic heterocycles. The number of carbonyl (C=O) groups is 1. The number of aromatic nitrogens is 2. The number of imidazole rings is 1. The molecule has 3 aromatic rings. The Bertz CT molecular complexity index is 1030. The van der Waals surface area contributed by atoms with Crippen LogP contribution in [0.25, 0.3) is 11.3 Å². The van der Waals surface area contributed by atoms with Gasteiger partial charge < -0.3 is 9.88 Å². The molecule has 0 radical (unpaired) electrons. The SMILES string of the molecule is CC(=O)c1ccc(C#N)cc1N1CCCC(c2ncc(-c3ccccc3)[nH]2)C1. The smallest absolute Gasteiger partial charge is 0.161 e. The lowest BCUT2D eigenvalue weighted by molar-refractivity contribution is 0.101. The Morgan fingerprint density at radius 1 is 1.25 bits per heavy atom. The molecule has 2 heterocycles. The average molecular weight is 370 g/mol. The number of hydrogen-bond acceptors (Lipinski definition) is 4. The Balaban J connectivity index is 1.60. The van der Waals surface area contributed by atoms with E-state index in [2.05, 4.69) is 33.1 Å². The number of anilines is 1. The van der Waals surface area contributed by atoms with E-state index in [9.17, 15) is 10.1 Å². The van der Waals surface area contributed by atoms with Crippen LogP contribution >= 0.6 is 0 Å². The first-order valence-electron chi connectivity index (χ1n) is 9.56. The number of piperidine rings is 1. The molecule has 1 fully saturated rings. The van der Waals surface area contributed by atoms with Crippen LogP contribution in [0.2, 0.25) is 0 Å². The molecule has 1 atom stereocenters. The van der Waals surface area contributed by atoms with Crippen molar-refractivity contribution in [3.05, 3.63) is 71.7 Å². The van der Waals surface area contributed by atoms with Gasteiger partial charge in [0.05, 0.1) is 23.5 Å². The van der Waals surface area contributed by atoms with Crippen LogP contribution in [-0.4, -0.2) is 28.8 Å². The Hall–Kier alpha value is -3.39. The second-order valence-corrected chi connectivity index (χ2v) is 7.23. The van der Waals surface area contributed by atoms with E-state index in [1.165, 1.54) is 0 Å². The zero-order valence-corrected chi connectivity index (χ0v) is 15.9. The summed E-state index contributed by atoms with van der Waals surface area (Å²) >= 11 is 0. The number of H-pyrrole nitrogens is 1. The van der Waals surface area contributed by atoms with Crippen molar-refractivity contribution in [2.45, 2.75) is 25.7 Å². The van der Waals surface area contributed by atoms with Gasteiger partial charge in [-0.15, -0.1) is 0 Å². The van der Waals surface area contributed by atoms with E-state index < -0.39 is 0 Å². The molecule has 4 rings (SSSR count). The lowest BCUT2D eigenvalue weighted by Crippen LogP contribution is -2.35. The van der Waals surface area contributed by atoms with Gasteiger partial charge in [-0.2, -0.15) is 5.26 Å². The van der Waals surface area contributed by atoms with Crippen LogP contribution in [0.15, 0.2) is 54.7 Å². The number of nitrogens with zero attached hydrogens (tertiary/aromatic N) is 3. The molecule has 0 bridgehead atoms. The minimum atomic E-state index is 0.0194. The minimum Gasteiger partial charge on any atom is -0.370 e. The van der Waals surface area contributed by atoms with Crippen molar-refractivity contribution in [1.29, 1.82) is 5.26 Å². The molecule has 2 aromatic carbocycles. The molecule has 0 saturated carbocycles. The van der Waals surface area contributed by atoms with Gasteiger partial charge in [0.1, 0.15) is 5.82 Å². The molecule has 1 unspecified atom stereocenters. The highest BCUT2D eigenvalue weighted by Crippen LogP contribution is 2.32. The molecule has 1 saturated heterocycles. The molecule has 28 heavy (non-hydrogen) atoms. The fourth-order valence-electron chi connectivity index (χ4n) is 3.89. The Labute approximate surface area is 164 Å².